The van der Waals surface area contributed by atoms with Crippen molar-refractivity contribution in [2.75, 3.05) is 13.1 Å². The summed E-state index contributed by atoms with van der Waals surface area (Å²) in [6, 6.07) is 7.77. The third-order valence-electron chi connectivity index (χ3n) is 4.31. The van der Waals surface area contributed by atoms with Gasteiger partial charge in [0.25, 0.3) is 5.91 Å². The van der Waals surface area contributed by atoms with Crippen molar-refractivity contribution >= 4 is 38.8 Å². The first-order chi connectivity index (χ1) is 12.2. The Morgan fingerprint density at radius 3 is 2.58 bits per heavy atom. The fourth-order valence-electron chi connectivity index (χ4n) is 3.02. The molecule has 3 rings (SSSR count). The molecule has 2 N–H and O–H groups in total. The second-order valence-electron chi connectivity index (χ2n) is 7.63. The first-order valence-corrected chi connectivity index (χ1v) is 9.58. The zero-order chi connectivity index (χ0) is 18.9. The minimum Gasteiger partial charge on any atom is -0.444 e. The molecule has 26 heavy (non-hydrogen) atoms. The quantitative estimate of drug-likeness (QED) is 0.767. The Balaban J connectivity index is 1.55. The summed E-state index contributed by atoms with van der Waals surface area (Å²) >= 11 is 3.43. The van der Waals surface area contributed by atoms with Gasteiger partial charge in [-0.2, -0.15) is 0 Å². The van der Waals surface area contributed by atoms with Crippen molar-refractivity contribution in [1.29, 1.82) is 0 Å². The fourth-order valence-corrected chi connectivity index (χ4v) is 3.38. The van der Waals surface area contributed by atoms with Crippen molar-refractivity contribution in [1.82, 2.24) is 15.2 Å². The zero-order valence-electron chi connectivity index (χ0n) is 15.3. The Morgan fingerprint density at radius 2 is 1.92 bits per heavy atom. The van der Waals surface area contributed by atoms with E-state index in [-0.39, 0.29) is 18.0 Å². The molecule has 1 aromatic carbocycles. The second-order valence-corrected chi connectivity index (χ2v) is 8.55. The zero-order valence-corrected chi connectivity index (χ0v) is 16.9. The number of piperidine rings is 1. The molecule has 2 aromatic rings. The third-order valence-corrected chi connectivity index (χ3v) is 4.80. The molecular formula is C19H24BrN3O3. The van der Waals surface area contributed by atoms with Gasteiger partial charge in [-0.1, -0.05) is 22.0 Å². The SMILES string of the molecule is CC(C)(C)OC(=O)N1CCC(NC(=O)c2cc3ccc(Br)cc3[nH]2)CC1. The second kappa shape index (κ2) is 7.31. The van der Waals surface area contributed by atoms with Crippen LogP contribution in [0.5, 0.6) is 0 Å². The standard InChI is InChI=1S/C19H24BrN3O3/c1-19(2,3)26-18(25)23-8-6-14(7-9-23)21-17(24)16-10-12-4-5-13(20)11-15(12)22-16/h4-5,10-11,14,22H,6-9H2,1-3H3,(H,21,24). The van der Waals surface area contributed by atoms with Crippen molar-refractivity contribution in [2.24, 2.45) is 0 Å². The number of carbonyl (C=O) groups is 2. The number of ether oxygens (including phenoxy) is 1. The molecule has 1 aromatic heterocycles. The first-order valence-electron chi connectivity index (χ1n) is 8.78. The van der Waals surface area contributed by atoms with Gasteiger partial charge in [-0.05, 0) is 51.8 Å². The van der Waals surface area contributed by atoms with Gasteiger partial charge in [0.15, 0.2) is 0 Å². The minimum atomic E-state index is -0.493. The van der Waals surface area contributed by atoms with Crippen LogP contribution in [0.15, 0.2) is 28.7 Å². The highest BCUT2D eigenvalue weighted by Gasteiger charge is 2.27. The molecule has 0 atom stereocenters. The summed E-state index contributed by atoms with van der Waals surface area (Å²) in [5.74, 6) is -0.118. The summed E-state index contributed by atoms with van der Waals surface area (Å²) in [5.41, 5.74) is 0.976. The molecule has 2 heterocycles. The summed E-state index contributed by atoms with van der Waals surface area (Å²) in [4.78, 5) is 29.5. The number of likely N-dealkylation sites (tertiary alicyclic amines) is 1. The van der Waals surface area contributed by atoms with Gasteiger partial charge >= 0.3 is 6.09 Å². The molecule has 1 aliphatic rings. The number of carbonyl (C=O) groups excluding carboxylic acids is 2. The number of benzene rings is 1. The summed E-state index contributed by atoms with van der Waals surface area (Å²) in [5, 5.41) is 4.06. The van der Waals surface area contributed by atoms with Gasteiger partial charge in [-0.3, -0.25) is 4.79 Å². The van der Waals surface area contributed by atoms with E-state index in [1.807, 2.05) is 45.0 Å². The average molecular weight is 422 g/mol. The van der Waals surface area contributed by atoms with Gasteiger partial charge in [-0.25, -0.2) is 4.79 Å². The van der Waals surface area contributed by atoms with E-state index in [1.54, 1.807) is 4.90 Å². The van der Waals surface area contributed by atoms with Crippen molar-refractivity contribution in [3.05, 3.63) is 34.4 Å². The van der Waals surface area contributed by atoms with Gasteiger partial charge in [0.2, 0.25) is 0 Å². The Labute approximate surface area is 161 Å². The predicted molar refractivity (Wildman–Crippen MR) is 104 cm³/mol. The smallest absolute Gasteiger partial charge is 0.410 e. The van der Waals surface area contributed by atoms with Crippen LogP contribution in [0, 0.1) is 0 Å². The van der Waals surface area contributed by atoms with Gasteiger partial charge in [0.05, 0.1) is 0 Å². The number of aromatic nitrogens is 1. The maximum absolute atomic E-state index is 12.5. The fraction of sp³-hybridized carbons (Fsp3) is 0.474. The summed E-state index contributed by atoms with van der Waals surface area (Å²) in [7, 11) is 0. The van der Waals surface area contributed by atoms with Crippen LogP contribution in [0.25, 0.3) is 10.9 Å². The number of hydrogen-bond acceptors (Lipinski definition) is 3. The Kier molecular flexibility index (Phi) is 5.27. The van der Waals surface area contributed by atoms with E-state index in [9.17, 15) is 9.59 Å². The molecule has 0 unspecified atom stereocenters. The van der Waals surface area contributed by atoms with Crippen LogP contribution in [0.4, 0.5) is 4.79 Å². The van der Waals surface area contributed by atoms with Crippen LogP contribution >= 0.6 is 15.9 Å². The summed E-state index contributed by atoms with van der Waals surface area (Å²) < 4.78 is 6.36. The number of rotatable bonds is 2. The van der Waals surface area contributed by atoms with Gasteiger partial charge in [0, 0.05) is 34.5 Å². The maximum Gasteiger partial charge on any atom is 0.410 e. The van der Waals surface area contributed by atoms with Crippen molar-refractivity contribution in [2.45, 2.75) is 45.3 Å². The molecule has 0 bridgehead atoms. The molecule has 140 valence electrons. The highest BCUT2D eigenvalue weighted by molar-refractivity contribution is 9.10. The number of nitrogens with one attached hydrogen (secondary N) is 2. The van der Waals surface area contributed by atoms with Crippen LogP contribution in [-0.4, -0.2) is 46.6 Å². The molecule has 0 radical (unpaired) electrons. The van der Waals surface area contributed by atoms with Gasteiger partial charge < -0.3 is 19.9 Å². The van der Waals surface area contributed by atoms with E-state index >= 15 is 0 Å². The lowest BCUT2D eigenvalue weighted by Crippen LogP contribution is -2.47. The van der Waals surface area contributed by atoms with Crippen LogP contribution in [0.3, 0.4) is 0 Å². The Hall–Kier alpha value is -2.02. The number of fused-ring (bicyclic) bond motifs is 1. The number of amides is 2. The monoisotopic (exact) mass is 421 g/mol. The summed E-state index contributed by atoms with van der Waals surface area (Å²) in [6.07, 6.45) is 1.15. The molecular weight excluding hydrogens is 398 g/mol. The first kappa shape index (κ1) is 18.8. The molecule has 6 nitrogen and oxygen atoms in total. The van der Waals surface area contributed by atoms with Crippen molar-refractivity contribution < 1.29 is 14.3 Å². The highest BCUT2D eigenvalue weighted by Crippen LogP contribution is 2.21. The largest absolute Gasteiger partial charge is 0.444 e. The van der Waals surface area contributed by atoms with Crippen molar-refractivity contribution in [3.63, 3.8) is 0 Å². The average Bonchev–Trinajstić information content (AvgIpc) is 2.97. The van der Waals surface area contributed by atoms with Crippen LogP contribution in [-0.2, 0) is 4.74 Å². The Morgan fingerprint density at radius 1 is 1.23 bits per heavy atom. The topological polar surface area (TPSA) is 74.4 Å². The lowest BCUT2D eigenvalue weighted by atomic mass is 10.1. The van der Waals surface area contributed by atoms with Crippen LogP contribution < -0.4 is 5.32 Å². The molecule has 2 amide bonds. The summed E-state index contributed by atoms with van der Waals surface area (Å²) in [6.45, 7) is 6.74. The number of nitrogens with zero attached hydrogens (tertiary/aromatic N) is 1. The van der Waals surface area contributed by atoms with E-state index in [1.165, 1.54) is 0 Å². The lowest BCUT2D eigenvalue weighted by molar-refractivity contribution is 0.0199. The normalized spacial score (nSPS) is 15.9. The number of halogens is 1. The lowest BCUT2D eigenvalue weighted by Gasteiger charge is -2.33. The van der Waals surface area contributed by atoms with Crippen LogP contribution in [0.2, 0.25) is 0 Å². The minimum absolute atomic E-state index is 0.0549. The maximum atomic E-state index is 12.5. The van der Waals surface area contributed by atoms with E-state index in [4.69, 9.17) is 4.74 Å². The van der Waals surface area contributed by atoms with Gasteiger partial charge in [-0.15, -0.1) is 0 Å². The number of hydrogen-bond donors (Lipinski definition) is 2. The molecule has 0 saturated carbocycles. The predicted octanol–water partition coefficient (Wildman–Crippen LogP) is 4.06. The number of H-pyrrole nitrogens is 1. The molecule has 0 aliphatic carbocycles. The molecule has 1 saturated heterocycles. The molecule has 0 spiro atoms. The van der Waals surface area contributed by atoms with Gasteiger partial charge in [0.1, 0.15) is 11.3 Å². The van der Waals surface area contributed by atoms with Crippen molar-refractivity contribution in [3.8, 4) is 0 Å². The third kappa shape index (κ3) is 4.58. The molecule has 1 aliphatic heterocycles. The van der Waals surface area contributed by atoms with E-state index < -0.39 is 5.60 Å². The van der Waals surface area contributed by atoms with E-state index in [0.29, 0.717) is 18.8 Å². The molecule has 7 heteroatoms. The Bertz CT molecular complexity index is 817. The number of aromatic amines is 1. The van der Waals surface area contributed by atoms with E-state index in [0.717, 1.165) is 28.2 Å². The van der Waals surface area contributed by atoms with E-state index in [2.05, 4.69) is 26.2 Å². The highest BCUT2D eigenvalue weighted by atomic mass is 79.9. The van der Waals surface area contributed by atoms with Crippen LogP contribution in [0.1, 0.15) is 44.1 Å². The molecule has 1 fully saturated rings.